The highest BCUT2D eigenvalue weighted by Crippen LogP contribution is 2.25. The van der Waals surface area contributed by atoms with E-state index in [4.69, 9.17) is 4.74 Å². The molecule has 0 aliphatic carbocycles. The second kappa shape index (κ2) is 14.9. The first-order chi connectivity index (χ1) is 19.9. The highest BCUT2D eigenvalue weighted by atomic mass is 79.9. The Labute approximate surface area is 251 Å². The molecule has 0 unspecified atom stereocenters. The lowest BCUT2D eigenvalue weighted by atomic mass is 10.1. The van der Waals surface area contributed by atoms with Gasteiger partial charge in [0.15, 0.2) is 0 Å². The molecule has 0 aliphatic rings. The Bertz CT molecular complexity index is 1540. The van der Waals surface area contributed by atoms with Crippen molar-refractivity contribution in [3.8, 4) is 5.75 Å². The third-order valence-electron chi connectivity index (χ3n) is 5.68. The Hall–Kier alpha value is -4.34. The minimum atomic E-state index is -0.492. The van der Waals surface area contributed by atoms with E-state index in [-0.39, 0.29) is 17.4 Å². The van der Waals surface area contributed by atoms with E-state index < -0.39 is 11.8 Å². The summed E-state index contributed by atoms with van der Waals surface area (Å²) in [4.78, 5) is 39.5. The molecule has 0 aromatic heterocycles. The Morgan fingerprint density at radius 3 is 2.24 bits per heavy atom. The highest BCUT2D eigenvalue weighted by molar-refractivity contribution is 9.10. The average molecular weight is 631 g/mol. The smallest absolute Gasteiger partial charge is 0.272 e. The van der Waals surface area contributed by atoms with Crippen LogP contribution >= 0.6 is 27.7 Å². The van der Waals surface area contributed by atoms with Crippen molar-refractivity contribution in [1.82, 2.24) is 5.32 Å². The number of para-hydroxylation sites is 2. The molecule has 0 heterocycles. The molecule has 41 heavy (non-hydrogen) atoms. The first kappa shape index (κ1) is 29.6. The van der Waals surface area contributed by atoms with E-state index in [0.29, 0.717) is 34.9 Å². The average Bonchev–Trinajstić information content (AvgIpc) is 2.99. The van der Waals surface area contributed by atoms with Crippen LogP contribution in [0.5, 0.6) is 5.75 Å². The first-order valence-corrected chi connectivity index (χ1v) is 14.6. The van der Waals surface area contributed by atoms with E-state index in [9.17, 15) is 14.4 Å². The molecule has 0 radical (unpaired) electrons. The van der Waals surface area contributed by atoms with Crippen molar-refractivity contribution in [2.75, 3.05) is 23.0 Å². The summed E-state index contributed by atoms with van der Waals surface area (Å²) in [7, 11) is 0. The van der Waals surface area contributed by atoms with E-state index >= 15 is 0 Å². The molecule has 0 atom stereocenters. The number of benzene rings is 4. The second-order valence-electron chi connectivity index (χ2n) is 8.64. The number of carbonyl (C=O) groups is 3. The van der Waals surface area contributed by atoms with Gasteiger partial charge in [0.1, 0.15) is 11.4 Å². The maximum atomic E-state index is 13.4. The molecule has 3 amide bonds. The topological polar surface area (TPSA) is 96.5 Å². The molecule has 3 N–H and O–H groups in total. The molecule has 0 aliphatic heterocycles. The summed E-state index contributed by atoms with van der Waals surface area (Å²) in [6.45, 7) is 2.33. The minimum absolute atomic E-state index is 0.0631. The van der Waals surface area contributed by atoms with Crippen LogP contribution in [0.25, 0.3) is 6.08 Å². The van der Waals surface area contributed by atoms with Gasteiger partial charge in [-0.1, -0.05) is 48.5 Å². The predicted octanol–water partition coefficient (Wildman–Crippen LogP) is 6.99. The fraction of sp³-hybridized carbons (Fsp3) is 0.0938. The Morgan fingerprint density at radius 1 is 0.829 bits per heavy atom. The van der Waals surface area contributed by atoms with Gasteiger partial charge in [-0.2, -0.15) is 0 Å². The summed E-state index contributed by atoms with van der Waals surface area (Å²) in [6.07, 6.45) is 1.59. The van der Waals surface area contributed by atoms with E-state index in [1.165, 1.54) is 11.8 Å². The van der Waals surface area contributed by atoms with Crippen molar-refractivity contribution < 1.29 is 19.1 Å². The molecular formula is C32H28BrN3O4S. The Balaban J connectivity index is 1.44. The lowest BCUT2D eigenvalue weighted by molar-refractivity contribution is -0.114. The van der Waals surface area contributed by atoms with Gasteiger partial charge in [0.2, 0.25) is 5.91 Å². The quantitative estimate of drug-likeness (QED) is 0.123. The summed E-state index contributed by atoms with van der Waals surface area (Å²) in [5, 5.41) is 8.46. The summed E-state index contributed by atoms with van der Waals surface area (Å²) < 4.78 is 6.51. The number of anilines is 2. The number of rotatable bonds is 11. The van der Waals surface area contributed by atoms with Crippen LogP contribution in [0, 0.1) is 0 Å². The van der Waals surface area contributed by atoms with Gasteiger partial charge in [-0.15, -0.1) is 11.8 Å². The van der Waals surface area contributed by atoms with Gasteiger partial charge >= 0.3 is 0 Å². The van der Waals surface area contributed by atoms with E-state index in [0.717, 1.165) is 9.37 Å². The van der Waals surface area contributed by atoms with Crippen LogP contribution < -0.4 is 20.7 Å². The standard InChI is InChI=1S/C32H28BrN3O4S/c1-2-40-29-15-9-6-12-23(29)20-28(36-31(38)22-10-4-3-5-11-22)32(39)34-24-16-18-25(19-17-24)41-21-30(37)35-27-14-8-7-13-26(27)33/h3-20H,2,21H2,1H3,(H,34,39)(H,35,37)(H,36,38)/b28-20-. The number of hydrogen-bond acceptors (Lipinski definition) is 5. The molecule has 4 rings (SSSR count). The molecule has 0 saturated heterocycles. The third-order valence-corrected chi connectivity index (χ3v) is 7.38. The monoisotopic (exact) mass is 629 g/mol. The normalized spacial score (nSPS) is 10.9. The third kappa shape index (κ3) is 8.83. The van der Waals surface area contributed by atoms with Gasteiger partial charge in [0.25, 0.3) is 11.8 Å². The highest BCUT2D eigenvalue weighted by Gasteiger charge is 2.16. The number of ether oxygens (including phenoxy) is 1. The second-order valence-corrected chi connectivity index (χ2v) is 10.5. The lowest BCUT2D eigenvalue weighted by Crippen LogP contribution is -2.30. The van der Waals surface area contributed by atoms with Crippen molar-refractivity contribution in [3.63, 3.8) is 0 Å². The minimum Gasteiger partial charge on any atom is -0.493 e. The van der Waals surface area contributed by atoms with Crippen LogP contribution in [0.4, 0.5) is 11.4 Å². The van der Waals surface area contributed by atoms with Crippen molar-refractivity contribution in [3.05, 3.63) is 124 Å². The van der Waals surface area contributed by atoms with E-state index in [1.54, 1.807) is 48.5 Å². The molecule has 0 saturated carbocycles. The summed E-state index contributed by atoms with van der Waals surface area (Å²) in [6, 6.07) is 30.5. The van der Waals surface area contributed by atoms with Gasteiger partial charge < -0.3 is 20.7 Å². The van der Waals surface area contributed by atoms with Gasteiger partial charge in [-0.05, 0) is 83.5 Å². The van der Waals surface area contributed by atoms with Crippen LogP contribution in [0.15, 0.2) is 118 Å². The number of thioether (sulfide) groups is 1. The molecule has 0 bridgehead atoms. The molecular weight excluding hydrogens is 602 g/mol. The van der Waals surface area contributed by atoms with Gasteiger partial charge in [-0.25, -0.2) is 0 Å². The maximum absolute atomic E-state index is 13.4. The largest absolute Gasteiger partial charge is 0.493 e. The van der Waals surface area contributed by atoms with E-state index in [1.807, 2.05) is 67.6 Å². The SMILES string of the molecule is CCOc1ccccc1/C=C(\NC(=O)c1ccccc1)C(=O)Nc1ccc(SCC(=O)Nc2ccccc2Br)cc1. The zero-order chi connectivity index (χ0) is 29.0. The van der Waals surface area contributed by atoms with E-state index in [2.05, 4.69) is 31.9 Å². The Kier molecular flexibility index (Phi) is 10.8. The molecule has 0 spiro atoms. The molecule has 0 fully saturated rings. The van der Waals surface area contributed by atoms with Crippen LogP contribution in [-0.4, -0.2) is 30.1 Å². The molecule has 208 valence electrons. The number of carbonyl (C=O) groups excluding carboxylic acids is 3. The molecule has 9 heteroatoms. The van der Waals surface area contributed by atoms with Crippen molar-refractivity contribution in [2.24, 2.45) is 0 Å². The van der Waals surface area contributed by atoms with Gasteiger partial charge in [0, 0.05) is 26.2 Å². The summed E-state index contributed by atoms with van der Waals surface area (Å²) in [5.41, 5.74) is 2.39. The predicted molar refractivity (Wildman–Crippen MR) is 168 cm³/mol. The Morgan fingerprint density at radius 2 is 1.51 bits per heavy atom. The molecule has 7 nitrogen and oxygen atoms in total. The fourth-order valence-electron chi connectivity index (χ4n) is 3.72. The number of halogens is 1. The van der Waals surface area contributed by atoms with Crippen LogP contribution in [0.1, 0.15) is 22.8 Å². The summed E-state index contributed by atoms with van der Waals surface area (Å²) in [5.74, 6) is -0.206. The zero-order valence-corrected chi connectivity index (χ0v) is 24.6. The van der Waals surface area contributed by atoms with Gasteiger partial charge in [0.05, 0.1) is 18.0 Å². The number of nitrogens with one attached hydrogen (secondary N) is 3. The van der Waals surface area contributed by atoms with Crippen molar-refractivity contribution in [2.45, 2.75) is 11.8 Å². The van der Waals surface area contributed by atoms with Crippen LogP contribution in [0.3, 0.4) is 0 Å². The molecule has 4 aromatic rings. The van der Waals surface area contributed by atoms with Gasteiger partial charge in [-0.3, -0.25) is 14.4 Å². The number of amides is 3. The first-order valence-electron chi connectivity index (χ1n) is 12.8. The maximum Gasteiger partial charge on any atom is 0.272 e. The fourth-order valence-corrected chi connectivity index (χ4v) is 4.80. The lowest BCUT2D eigenvalue weighted by Gasteiger charge is -2.13. The van der Waals surface area contributed by atoms with Crippen molar-refractivity contribution in [1.29, 1.82) is 0 Å². The van der Waals surface area contributed by atoms with Crippen LogP contribution in [0.2, 0.25) is 0 Å². The van der Waals surface area contributed by atoms with Crippen LogP contribution in [-0.2, 0) is 9.59 Å². The number of hydrogen-bond donors (Lipinski definition) is 3. The van der Waals surface area contributed by atoms with Crippen molar-refractivity contribution >= 4 is 62.9 Å². The molecule has 4 aromatic carbocycles. The zero-order valence-electron chi connectivity index (χ0n) is 22.2. The summed E-state index contributed by atoms with van der Waals surface area (Å²) >= 11 is 4.80.